The summed E-state index contributed by atoms with van der Waals surface area (Å²) in [6.07, 6.45) is 6.88. The zero-order valence-electron chi connectivity index (χ0n) is 11.4. The van der Waals surface area contributed by atoms with Gasteiger partial charge in [0.2, 0.25) is 5.91 Å². The maximum Gasteiger partial charge on any atom is 0.244 e. The van der Waals surface area contributed by atoms with Crippen LogP contribution in [0.25, 0.3) is 0 Å². The number of hydrogen-bond donors (Lipinski definition) is 1. The molecule has 102 valence electrons. The van der Waals surface area contributed by atoms with Gasteiger partial charge in [-0.05, 0) is 39.0 Å². The summed E-state index contributed by atoms with van der Waals surface area (Å²) in [5, 5.41) is 3.57. The lowest BCUT2D eigenvalue weighted by Crippen LogP contribution is -2.48. The maximum atomic E-state index is 12.6. The van der Waals surface area contributed by atoms with Crippen LogP contribution in [0.2, 0.25) is 0 Å². The van der Waals surface area contributed by atoms with Crippen molar-refractivity contribution >= 4 is 5.91 Å². The normalized spacial score (nSPS) is 35.4. The fourth-order valence-corrected chi connectivity index (χ4v) is 3.44. The quantitative estimate of drug-likeness (QED) is 0.827. The molecule has 0 aromatic heterocycles. The maximum absolute atomic E-state index is 12.6. The van der Waals surface area contributed by atoms with Gasteiger partial charge in [0.1, 0.15) is 0 Å². The van der Waals surface area contributed by atoms with Crippen LogP contribution in [0, 0.1) is 0 Å². The average Bonchev–Trinajstić information content (AvgIpc) is 2.85. The minimum absolute atomic E-state index is 0.188. The summed E-state index contributed by atoms with van der Waals surface area (Å²) >= 11 is 0. The first-order valence-electron chi connectivity index (χ1n) is 7.40. The first-order chi connectivity index (χ1) is 8.68. The summed E-state index contributed by atoms with van der Waals surface area (Å²) in [5.74, 6) is 0.323. The smallest absolute Gasteiger partial charge is 0.244 e. The van der Waals surface area contributed by atoms with E-state index in [-0.39, 0.29) is 23.9 Å². The van der Waals surface area contributed by atoms with Crippen LogP contribution in [0.3, 0.4) is 0 Å². The van der Waals surface area contributed by atoms with Crippen molar-refractivity contribution < 1.29 is 9.53 Å². The summed E-state index contributed by atoms with van der Waals surface area (Å²) in [6, 6.07) is 0.212. The second-order valence-corrected chi connectivity index (χ2v) is 6.04. The molecule has 2 saturated heterocycles. The van der Waals surface area contributed by atoms with Crippen LogP contribution in [-0.4, -0.2) is 41.3 Å². The second kappa shape index (κ2) is 4.49. The van der Waals surface area contributed by atoms with E-state index in [0.29, 0.717) is 5.91 Å². The molecule has 4 heteroatoms. The van der Waals surface area contributed by atoms with E-state index < -0.39 is 0 Å². The number of nitrogens with zero attached hydrogens (tertiary/aromatic N) is 1. The van der Waals surface area contributed by atoms with Crippen molar-refractivity contribution in [3.8, 4) is 0 Å². The van der Waals surface area contributed by atoms with Gasteiger partial charge in [-0.15, -0.1) is 0 Å². The molecule has 1 amide bonds. The highest BCUT2D eigenvalue weighted by Gasteiger charge is 2.60. The van der Waals surface area contributed by atoms with Crippen LogP contribution in [0.15, 0.2) is 0 Å². The van der Waals surface area contributed by atoms with Crippen molar-refractivity contribution in [1.29, 1.82) is 0 Å². The van der Waals surface area contributed by atoms with Crippen LogP contribution in [-0.2, 0) is 9.53 Å². The number of carbonyl (C=O) groups is 1. The first-order valence-corrected chi connectivity index (χ1v) is 7.40. The molecule has 0 aromatic rings. The van der Waals surface area contributed by atoms with Gasteiger partial charge in [0, 0.05) is 6.61 Å². The number of hydrogen-bond acceptors (Lipinski definition) is 3. The van der Waals surface area contributed by atoms with Gasteiger partial charge in [-0.25, -0.2) is 0 Å². The molecule has 3 fully saturated rings. The highest BCUT2D eigenvalue weighted by molar-refractivity contribution is 5.92. The summed E-state index contributed by atoms with van der Waals surface area (Å²) in [6.45, 7) is 5.19. The second-order valence-electron chi connectivity index (χ2n) is 6.04. The molecule has 0 aromatic carbocycles. The molecule has 0 bridgehead atoms. The Morgan fingerprint density at radius 3 is 2.89 bits per heavy atom. The summed E-state index contributed by atoms with van der Waals surface area (Å²) in [7, 11) is 0. The molecule has 0 radical (unpaired) electrons. The molecule has 18 heavy (non-hydrogen) atoms. The topological polar surface area (TPSA) is 41.6 Å². The number of nitrogens with one attached hydrogen (secondary N) is 1. The van der Waals surface area contributed by atoms with E-state index in [4.69, 9.17) is 4.74 Å². The van der Waals surface area contributed by atoms with Gasteiger partial charge in [0.05, 0.1) is 23.9 Å². The Labute approximate surface area is 109 Å². The Morgan fingerprint density at radius 2 is 2.33 bits per heavy atom. The lowest BCUT2D eigenvalue weighted by atomic mass is 10.1. The van der Waals surface area contributed by atoms with Gasteiger partial charge in [-0.2, -0.15) is 0 Å². The molecule has 1 aliphatic carbocycles. The molecule has 2 aliphatic heterocycles. The monoisotopic (exact) mass is 252 g/mol. The SMILES string of the molecule is CCCC1NC2(CC2)C(=O)N1C(C)C1CCCO1. The number of ether oxygens (including phenoxy) is 1. The van der Waals surface area contributed by atoms with Gasteiger partial charge in [0.15, 0.2) is 0 Å². The van der Waals surface area contributed by atoms with E-state index >= 15 is 0 Å². The van der Waals surface area contributed by atoms with Gasteiger partial charge >= 0.3 is 0 Å². The molecule has 1 saturated carbocycles. The zero-order valence-corrected chi connectivity index (χ0v) is 11.4. The van der Waals surface area contributed by atoms with Crippen LogP contribution in [0.4, 0.5) is 0 Å². The fraction of sp³-hybridized carbons (Fsp3) is 0.929. The van der Waals surface area contributed by atoms with Gasteiger partial charge in [0.25, 0.3) is 0 Å². The third kappa shape index (κ3) is 1.86. The Balaban J connectivity index is 1.76. The van der Waals surface area contributed by atoms with Crippen molar-refractivity contribution in [3.05, 3.63) is 0 Å². The van der Waals surface area contributed by atoms with Crippen molar-refractivity contribution in [2.24, 2.45) is 0 Å². The van der Waals surface area contributed by atoms with Crippen LogP contribution < -0.4 is 5.32 Å². The lowest BCUT2D eigenvalue weighted by molar-refractivity contribution is -0.135. The molecular formula is C14H24N2O2. The van der Waals surface area contributed by atoms with E-state index in [0.717, 1.165) is 45.1 Å². The molecule has 3 aliphatic rings. The van der Waals surface area contributed by atoms with Crippen molar-refractivity contribution in [1.82, 2.24) is 10.2 Å². The molecule has 1 N–H and O–H groups in total. The van der Waals surface area contributed by atoms with E-state index in [9.17, 15) is 4.79 Å². The van der Waals surface area contributed by atoms with Crippen LogP contribution in [0.1, 0.15) is 52.4 Å². The van der Waals surface area contributed by atoms with Crippen molar-refractivity contribution in [2.45, 2.75) is 76.2 Å². The van der Waals surface area contributed by atoms with E-state index in [1.807, 2.05) is 0 Å². The number of rotatable bonds is 4. The zero-order chi connectivity index (χ0) is 12.8. The lowest BCUT2D eigenvalue weighted by Gasteiger charge is -2.33. The van der Waals surface area contributed by atoms with E-state index in [1.54, 1.807) is 0 Å². The van der Waals surface area contributed by atoms with Gasteiger partial charge in [-0.1, -0.05) is 13.3 Å². The molecule has 3 unspecified atom stereocenters. The number of carbonyl (C=O) groups excluding carboxylic acids is 1. The highest BCUT2D eigenvalue weighted by Crippen LogP contribution is 2.44. The third-order valence-electron chi connectivity index (χ3n) is 4.68. The molecule has 2 heterocycles. The Hall–Kier alpha value is -0.610. The predicted molar refractivity (Wildman–Crippen MR) is 69.1 cm³/mol. The highest BCUT2D eigenvalue weighted by atomic mass is 16.5. The minimum atomic E-state index is -0.188. The Kier molecular flexibility index (Phi) is 3.10. The first kappa shape index (κ1) is 12.4. The fourth-order valence-electron chi connectivity index (χ4n) is 3.44. The van der Waals surface area contributed by atoms with Crippen molar-refractivity contribution in [3.63, 3.8) is 0 Å². The number of amides is 1. The van der Waals surface area contributed by atoms with Crippen LogP contribution >= 0.6 is 0 Å². The molecule has 4 nitrogen and oxygen atoms in total. The van der Waals surface area contributed by atoms with E-state index in [2.05, 4.69) is 24.1 Å². The summed E-state index contributed by atoms with van der Waals surface area (Å²) in [5.41, 5.74) is -0.188. The Morgan fingerprint density at radius 1 is 1.56 bits per heavy atom. The average molecular weight is 252 g/mol. The van der Waals surface area contributed by atoms with Crippen LogP contribution in [0.5, 0.6) is 0 Å². The standard InChI is InChI=1S/C14H24N2O2/c1-3-5-12-15-14(7-8-14)13(17)16(12)10(2)11-6-4-9-18-11/h10-12,15H,3-9H2,1-2H3. The molecule has 3 rings (SSSR count). The minimum Gasteiger partial charge on any atom is -0.376 e. The van der Waals surface area contributed by atoms with Gasteiger partial charge in [-0.3, -0.25) is 10.1 Å². The van der Waals surface area contributed by atoms with Crippen molar-refractivity contribution in [2.75, 3.05) is 6.61 Å². The third-order valence-corrected chi connectivity index (χ3v) is 4.68. The largest absolute Gasteiger partial charge is 0.376 e. The summed E-state index contributed by atoms with van der Waals surface area (Å²) in [4.78, 5) is 14.7. The van der Waals surface area contributed by atoms with Gasteiger partial charge < -0.3 is 9.64 Å². The molecule has 3 atom stereocenters. The Bertz CT molecular complexity index is 335. The molecule has 1 spiro atoms. The van der Waals surface area contributed by atoms with E-state index in [1.165, 1.54) is 0 Å². The predicted octanol–water partition coefficient (Wildman–Crippen LogP) is 1.64. The summed E-state index contributed by atoms with van der Waals surface area (Å²) < 4.78 is 5.77. The molecular weight excluding hydrogens is 228 g/mol.